The van der Waals surface area contributed by atoms with Gasteiger partial charge >= 0.3 is 0 Å². The summed E-state index contributed by atoms with van der Waals surface area (Å²) in [4.78, 5) is 16.5. The number of pyridine rings is 2. The molecule has 0 saturated carbocycles. The Morgan fingerprint density at radius 1 is 0.967 bits per heavy atom. The molecule has 0 aliphatic rings. The van der Waals surface area contributed by atoms with Crippen LogP contribution in [0.3, 0.4) is 0 Å². The Kier molecular flexibility index (Phi) is 5.43. The zero-order valence-corrected chi connectivity index (χ0v) is 16.1. The molecular weight excluding hydrogens is 390 g/mol. The average molecular weight is 408 g/mol. The third kappa shape index (κ3) is 4.00. The number of methoxy groups -OCH3 is 1. The number of fused-ring (bicyclic) bond motifs is 1. The second-order valence-electron chi connectivity index (χ2n) is 6.62. The Hall–Kier alpha value is -3.74. The molecule has 0 aliphatic heterocycles. The van der Waals surface area contributed by atoms with Crippen molar-refractivity contribution in [3.63, 3.8) is 0 Å². The van der Waals surface area contributed by atoms with E-state index < -0.39 is 11.6 Å². The van der Waals surface area contributed by atoms with Crippen LogP contribution in [0.25, 0.3) is 22.0 Å². The highest BCUT2D eigenvalue weighted by Crippen LogP contribution is 2.27. The summed E-state index contributed by atoms with van der Waals surface area (Å²) in [6, 6.07) is 13.9. The van der Waals surface area contributed by atoms with Gasteiger partial charge in [-0.3, -0.25) is 9.78 Å². The normalized spacial score (nSPS) is 10.9. The minimum absolute atomic E-state index is 0.214. The third-order valence-corrected chi connectivity index (χ3v) is 4.74. The van der Waals surface area contributed by atoms with Crippen LogP contribution in [0.4, 0.5) is 8.78 Å². The quantitative estimate of drug-likeness (QED) is 0.474. The topological polar surface area (TPSA) is 53.4 Å². The number of ether oxygens (including phenoxy) is 2. The summed E-state index contributed by atoms with van der Waals surface area (Å²) in [6.45, 7) is 0.530. The van der Waals surface area contributed by atoms with E-state index in [-0.39, 0.29) is 18.7 Å². The van der Waals surface area contributed by atoms with Gasteiger partial charge in [-0.2, -0.15) is 0 Å². The van der Waals surface area contributed by atoms with Crippen molar-refractivity contribution in [1.29, 1.82) is 0 Å². The largest absolute Gasteiger partial charge is 0.497 e. The molecule has 0 fully saturated rings. The SMILES string of the molecule is COc1ccc2c(OCCn3cc(-c4ccc(F)c(F)c4)ccc3=O)ccnc2c1. The third-order valence-electron chi connectivity index (χ3n) is 4.74. The number of nitrogens with zero attached hydrogens (tertiary/aromatic N) is 2. The molecule has 0 unspecified atom stereocenters. The van der Waals surface area contributed by atoms with Gasteiger partial charge < -0.3 is 14.0 Å². The van der Waals surface area contributed by atoms with Gasteiger partial charge in [0.15, 0.2) is 11.6 Å². The summed E-state index contributed by atoms with van der Waals surface area (Å²) in [5, 5.41) is 0.834. The van der Waals surface area contributed by atoms with Gasteiger partial charge in [-0.05, 0) is 47.5 Å². The zero-order chi connectivity index (χ0) is 21.1. The highest BCUT2D eigenvalue weighted by Gasteiger charge is 2.08. The minimum Gasteiger partial charge on any atom is -0.497 e. The van der Waals surface area contributed by atoms with E-state index in [0.29, 0.717) is 22.6 Å². The van der Waals surface area contributed by atoms with Crippen molar-refractivity contribution in [2.24, 2.45) is 0 Å². The van der Waals surface area contributed by atoms with E-state index in [4.69, 9.17) is 9.47 Å². The summed E-state index contributed by atoms with van der Waals surface area (Å²) in [7, 11) is 1.59. The lowest BCUT2D eigenvalue weighted by Crippen LogP contribution is -2.22. The molecule has 2 aromatic carbocycles. The number of aromatic nitrogens is 2. The van der Waals surface area contributed by atoms with Crippen LogP contribution in [0.1, 0.15) is 0 Å². The molecule has 5 nitrogen and oxygen atoms in total. The zero-order valence-electron chi connectivity index (χ0n) is 16.1. The molecule has 0 bridgehead atoms. The molecule has 4 aromatic rings. The summed E-state index contributed by atoms with van der Waals surface area (Å²) in [6.07, 6.45) is 3.25. The molecule has 30 heavy (non-hydrogen) atoms. The molecule has 0 radical (unpaired) electrons. The maximum absolute atomic E-state index is 13.5. The van der Waals surface area contributed by atoms with Gasteiger partial charge in [0.05, 0.1) is 19.2 Å². The Labute approximate surface area is 171 Å². The molecule has 0 amide bonds. The summed E-state index contributed by atoms with van der Waals surface area (Å²) in [5.74, 6) is -0.502. The van der Waals surface area contributed by atoms with Crippen LogP contribution in [0, 0.1) is 11.6 Å². The van der Waals surface area contributed by atoms with E-state index in [1.165, 1.54) is 16.7 Å². The molecule has 152 valence electrons. The monoisotopic (exact) mass is 408 g/mol. The summed E-state index contributed by atoms with van der Waals surface area (Å²) >= 11 is 0. The predicted octanol–water partition coefficient (Wildman–Crippen LogP) is 4.43. The lowest BCUT2D eigenvalue weighted by Gasteiger charge is -2.12. The Balaban J connectivity index is 1.52. The maximum Gasteiger partial charge on any atom is 0.250 e. The van der Waals surface area contributed by atoms with Crippen molar-refractivity contribution in [1.82, 2.24) is 9.55 Å². The molecule has 0 spiro atoms. The number of hydrogen-bond donors (Lipinski definition) is 0. The lowest BCUT2D eigenvalue weighted by atomic mass is 10.1. The number of rotatable bonds is 6. The number of hydrogen-bond acceptors (Lipinski definition) is 4. The van der Waals surface area contributed by atoms with Crippen LogP contribution in [0.2, 0.25) is 0 Å². The van der Waals surface area contributed by atoms with Crippen LogP contribution in [-0.2, 0) is 6.54 Å². The van der Waals surface area contributed by atoms with Crippen LogP contribution >= 0.6 is 0 Å². The van der Waals surface area contributed by atoms with Crippen molar-refractivity contribution >= 4 is 10.9 Å². The Bertz CT molecular complexity index is 1270. The van der Waals surface area contributed by atoms with Crippen molar-refractivity contribution in [2.75, 3.05) is 13.7 Å². The highest BCUT2D eigenvalue weighted by molar-refractivity contribution is 5.85. The smallest absolute Gasteiger partial charge is 0.250 e. The predicted molar refractivity (Wildman–Crippen MR) is 110 cm³/mol. The van der Waals surface area contributed by atoms with Gasteiger partial charge in [0, 0.05) is 29.9 Å². The second kappa shape index (κ2) is 8.32. The van der Waals surface area contributed by atoms with E-state index in [2.05, 4.69) is 4.98 Å². The summed E-state index contributed by atoms with van der Waals surface area (Å²) in [5.41, 5.74) is 1.62. The Morgan fingerprint density at radius 3 is 2.60 bits per heavy atom. The van der Waals surface area contributed by atoms with Crippen LogP contribution in [-0.4, -0.2) is 23.3 Å². The van der Waals surface area contributed by atoms with Gasteiger partial charge in [0.25, 0.3) is 5.56 Å². The molecule has 2 heterocycles. The first-order valence-corrected chi connectivity index (χ1v) is 9.26. The van der Waals surface area contributed by atoms with Crippen molar-refractivity contribution < 1.29 is 18.3 Å². The molecule has 7 heteroatoms. The molecule has 0 saturated heterocycles. The van der Waals surface area contributed by atoms with Crippen LogP contribution < -0.4 is 15.0 Å². The molecule has 4 rings (SSSR count). The second-order valence-corrected chi connectivity index (χ2v) is 6.62. The fraction of sp³-hybridized carbons (Fsp3) is 0.130. The van der Waals surface area contributed by atoms with E-state index >= 15 is 0 Å². The molecule has 0 aliphatic carbocycles. The average Bonchev–Trinajstić information content (AvgIpc) is 2.76. The van der Waals surface area contributed by atoms with Gasteiger partial charge in [-0.1, -0.05) is 6.07 Å². The standard InChI is InChI=1S/C23H18F2N2O3/c1-29-17-4-5-18-21(13-17)26-9-8-22(18)30-11-10-27-14-16(3-7-23(27)28)15-2-6-19(24)20(25)12-15/h2-9,12-14H,10-11H2,1H3. The minimum atomic E-state index is -0.935. The fourth-order valence-electron chi connectivity index (χ4n) is 3.16. The van der Waals surface area contributed by atoms with Crippen molar-refractivity contribution in [3.8, 4) is 22.6 Å². The van der Waals surface area contributed by atoms with Crippen molar-refractivity contribution in [2.45, 2.75) is 6.54 Å². The van der Waals surface area contributed by atoms with Crippen LogP contribution in [0.5, 0.6) is 11.5 Å². The number of halogens is 2. The highest BCUT2D eigenvalue weighted by atomic mass is 19.2. The first-order chi connectivity index (χ1) is 14.5. The molecule has 0 N–H and O–H groups in total. The van der Waals surface area contributed by atoms with Crippen molar-refractivity contribution in [3.05, 3.63) is 89.0 Å². The van der Waals surface area contributed by atoms with Crippen LogP contribution in [0.15, 0.2) is 71.8 Å². The first-order valence-electron chi connectivity index (χ1n) is 9.26. The summed E-state index contributed by atoms with van der Waals surface area (Å²) < 4.78 is 39.3. The van der Waals surface area contributed by atoms with Gasteiger partial charge in [-0.15, -0.1) is 0 Å². The lowest BCUT2D eigenvalue weighted by molar-refractivity contribution is 0.299. The van der Waals surface area contributed by atoms with Gasteiger partial charge in [0.1, 0.15) is 18.1 Å². The first kappa shape index (κ1) is 19.6. The maximum atomic E-state index is 13.5. The molecule has 2 aromatic heterocycles. The molecule has 0 atom stereocenters. The Morgan fingerprint density at radius 2 is 1.80 bits per heavy atom. The van der Waals surface area contributed by atoms with Gasteiger partial charge in [-0.25, -0.2) is 8.78 Å². The van der Waals surface area contributed by atoms with E-state index in [1.807, 2.05) is 18.2 Å². The van der Waals surface area contributed by atoms with Gasteiger partial charge in [0.2, 0.25) is 0 Å². The van der Waals surface area contributed by atoms with E-state index in [0.717, 1.165) is 23.0 Å². The number of benzene rings is 2. The molecular formula is C23H18F2N2O3. The van der Waals surface area contributed by atoms with E-state index in [9.17, 15) is 13.6 Å². The van der Waals surface area contributed by atoms with E-state index in [1.54, 1.807) is 31.6 Å². The fourth-order valence-corrected chi connectivity index (χ4v) is 3.16.